The lowest BCUT2D eigenvalue weighted by molar-refractivity contribution is -0.123. The first-order chi connectivity index (χ1) is 11.7. The number of sulfonamides is 1. The normalized spacial score (nSPS) is 16.4. The van der Waals surface area contributed by atoms with Crippen molar-refractivity contribution < 1.29 is 22.7 Å². The van der Waals surface area contributed by atoms with Crippen LogP contribution in [0.1, 0.15) is 20.8 Å². The van der Waals surface area contributed by atoms with Crippen molar-refractivity contribution in [1.82, 2.24) is 9.62 Å². The van der Waals surface area contributed by atoms with E-state index in [4.69, 9.17) is 9.47 Å². The van der Waals surface area contributed by atoms with Gasteiger partial charge in [-0.05, 0) is 29.7 Å². The number of hydrogen-bond donors (Lipinski definition) is 1. The smallest absolute Gasteiger partial charge is 0.257 e. The topological polar surface area (TPSA) is 84.9 Å². The van der Waals surface area contributed by atoms with Crippen LogP contribution >= 0.6 is 0 Å². The second kappa shape index (κ2) is 8.16. The van der Waals surface area contributed by atoms with Gasteiger partial charge in [-0.2, -0.15) is 4.31 Å². The number of nitrogens with one attached hydrogen (secondary N) is 1. The molecule has 0 atom stereocenters. The summed E-state index contributed by atoms with van der Waals surface area (Å²) in [4.78, 5) is 12.0. The fourth-order valence-corrected chi connectivity index (χ4v) is 3.62. The maximum atomic E-state index is 12.5. The van der Waals surface area contributed by atoms with Crippen LogP contribution in [0.5, 0.6) is 5.75 Å². The molecule has 1 saturated heterocycles. The standard InChI is InChI=1S/C17H26N2O5S/c1-17(2,3)13-18-16(20)12-24-14-4-6-15(7-5-14)25(21,22)19-8-10-23-11-9-19/h4-7H,8-13H2,1-3H3,(H,18,20). The van der Waals surface area contributed by atoms with E-state index in [1.54, 1.807) is 12.1 Å². The first-order valence-corrected chi connectivity index (χ1v) is 9.70. The van der Waals surface area contributed by atoms with E-state index in [0.717, 1.165) is 0 Å². The Labute approximate surface area is 149 Å². The number of amides is 1. The Morgan fingerprint density at radius 2 is 1.80 bits per heavy atom. The van der Waals surface area contributed by atoms with Crippen LogP contribution < -0.4 is 10.1 Å². The maximum absolute atomic E-state index is 12.5. The number of morpholine rings is 1. The van der Waals surface area contributed by atoms with Gasteiger partial charge >= 0.3 is 0 Å². The van der Waals surface area contributed by atoms with Crippen molar-refractivity contribution >= 4 is 15.9 Å². The molecule has 0 unspecified atom stereocenters. The molecule has 0 aliphatic carbocycles. The van der Waals surface area contributed by atoms with E-state index in [2.05, 4.69) is 5.32 Å². The predicted octanol–water partition coefficient (Wildman–Crippen LogP) is 1.25. The van der Waals surface area contributed by atoms with Crippen molar-refractivity contribution in [3.63, 3.8) is 0 Å². The van der Waals surface area contributed by atoms with Crippen LogP contribution in [0.25, 0.3) is 0 Å². The Morgan fingerprint density at radius 1 is 1.20 bits per heavy atom. The summed E-state index contributed by atoms with van der Waals surface area (Å²) in [5.41, 5.74) is 0.00512. The van der Waals surface area contributed by atoms with E-state index in [-0.39, 0.29) is 22.8 Å². The molecule has 1 heterocycles. The number of carbonyl (C=O) groups is 1. The zero-order valence-corrected chi connectivity index (χ0v) is 15.8. The number of nitrogens with zero attached hydrogens (tertiary/aromatic N) is 1. The van der Waals surface area contributed by atoms with Gasteiger partial charge < -0.3 is 14.8 Å². The molecule has 1 aliphatic heterocycles. The lowest BCUT2D eigenvalue weighted by atomic mass is 9.97. The maximum Gasteiger partial charge on any atom is 0.257 e. The van der Waals surface area contributed by atoms with Gasteiger partial charge in [0.1, 0.15) is 5.75 Å². The van der Waals surface area contributed by atoms with E-state index in [1.807, 2.05) is 20.8 Å². The van der Waals surface area contributed by atoms with Crippen LogP contribution in [-0.4, -0.2) is 58.1 Å². The van der Waals surface area contributed by atoms with E-state index in [9.17, 15) is 13.2 Å². The summed E-state index contributed by atoms with van der Waals surface area (Å²) in [5.74, 6) is 0.242. The first-order valence-electron chi connectivity index (χ1n) is 8.26. The summed E-state index contributed by atoms with van der Waals surface area (Å²) in [6.45, 7) is 8.07. The minimum absolute atomic E-state index is 0.00512. The summed E-state index contributed by atoms with van der Waals surface area (Å²) in [6, 6.07) is 6.11. The molecule has 0 bridgehead atoms. The third kappa shape index (κ3) is 5.98. The molecule has 140 valence electrons. The van der Waals surface area contributed by atoms with Gasteiger partial charge in [-0.15, -0.1) is 0 Å². The Balaban J connectivity index is 1.90. The van der Waals surface area contributed by atoms with Crippen LogP contribution in [0.3, 0.4) is 0 Å². The first kappa shape index (κ1) is 19.7. The highest BCUT2D eigenvalue weighted by Crippen LogP contribution is 2.20. The Kier molecular flexibility index (Phi) is 6.42. The summed E-state index contributed by atoms with van der Waals surface area (Å²) >= 11 is 0. The number of benzene rings is 1. The van der Waals surface area contributed by atoms with Crippen molar-refractivity contribution in [2.24, 2.45) is 5.41 Å². The molecule has 1 N–H and O–H groups in total. The fraction of sp³-hybridized carbons (Fsp3) is 0.588. The number of hydrogen-bond acceptors (Lipinski definition) is 5. The van der Waals surface area contributed by atoms with Gasteiger partial charge in [-0.1, -0.05) is 20.8 Å². The van der Waals surface area contributed by atoms with E-state index in [1.165, 1.54) is 16.4 Å². The summed E-state index contributed by atoms with van der Waals surface area (Å²) < 4.78 is 37.0. The lowest BCUT2D eigenvalue weighted by Crippen LogP contribution is -2.40. The molecule has 1 fully saturated rings. The van der Waals surface area contributed by atoms with Crippen molar-refractivity contribution in [3.8, 4) is 5.75 Å². The van der Waals surface area contributed by atoms with Crippen molar-refractivity contribution in [2.45, 2.75) is 25.7 Å². The molecule has 25 heavy (non-hydrogen) atoms. The molecule has 0 spiro atoms. The monoisotopic (exact) mass is 370 g/mol. The Hall–Kier alpha value is -1.64. The van der Waals surface area contributed by atoms with Crippen LogP contribution in [0.2, 0.25) is 0 Å². The summed E-state index contributed by atoms with van der Waals surface area (Å²) in [6.07, 6.45) is 0. The molecule has 1 aromatic rings. The van der Waals surface area contributed by atoms with Crippen LogP contribution in [-0.2, 0) is 19.6 Å². The molecule has 2 rings (SSSR count). The zero-order chi connectivity index (χ0) is 18.5. The van der Waals surface area contributed by atoms with Gasteiger partial charge in [-0.3, -0.25) is 4.79 Å². The SMILES string of the molecule is CC(C)(C)CNC(=O)COc1ccc(S(=O)(=O)N2CCOCC2)cc1. The molecule has 0 aromatic heterocycles. The average molecular weight is 370 g/mol. The van der Waals surface area contributed by atoms with Crippen LogP contribution in [0.15, 0.2) is 29.2 Å². The van der Waals surface area contributed by atoms with Gasteiger partial charge in [0.2, 0.25) is 10.0 Å². The minimum Gasteiger partial charge on any atom is -0.484 e. The molecule has 0 saturated carbocycles. The minimum atomic E-state index is -3.52. The molecule has 1 amide bonds. The second-order valence-electron chi connectivity index (χ2n) is 7.11. The Morgan fingerprint density at radius 3 is 2.36 bits per heavy atom. The van der Waals surface area contributed by atoms with Gasteiger partial charge in [-0.25, -0.2) is 8.42 Å². The average Bonchev–Trinajstić information content (AvgIpc) is 2.58. The van der Waals surface area contributed by atoms with Gasteiger partial charge in [0.15, 0.2) is 6.61 Å². The largest absolute Gasteiger partial charge is 0.484 e. The highest BCUT2D eigenvalue weighted by molar-refractivity contribution is 7.89. The zero-order valence-electron chi connectivity index (χ0n) is 14.9. The second-order valence-corrected chi connectivity index (χ2v) is 9.05. The number of rotatable bonds is 6. The molecule has 0 radical (unpaired) electrons. The van der Waals surface area contributed by atoms with Gasteiger partial charge in [0.05, 0.1) is 18.1 Å². The molecule has 1 aliphatic rings. The molecule has 8 heteroatoms. The number of carbonyl (C=O) groups excluding carboxylic acids is 1. The van der Waals surface area contributed by atoms with E-state index in [0.29, 0.717) is 38.6 Å². The highest BCUT2D eigenvalue weighted by Gasteiger charge is 2.26. The summed E-state index contributed by atoms with van der Waals surface area (Å²) in [7, 11) is -3.52. The quantitative estimate of drug-likeness (QED) is 0.815. The lowest BCUT2D eigenvalue weighted by Gasteiger charge is -2.26. The highest BCUT2D eigenvalue weighted by atomic mass is 32.2. The molecule has 1 aromatic carbocycles. The fourth-order valence-electron chi connectivity index (χ4n) is 2.21. The molecular weight excluding hydrogens is 344 g/mol. The summed E-state index contributed by atoms with van der Waals surface area (Å²) in [5, 5.41) is 2.79. The van der Waals surface area contributed by atoms with Crippen molar-refractivity contribution in [2.75, 3.05) is 39.5 Å². The molecule has 7 nitrogen and oxygen atoms in total. The van der Waals surface area contributed by atoms with Crippen molar-refractivity contribution in [1.29, 1.82) is 0 Å². The van der Waals surface area contributed by atoms with Gasteiger partial charge in [0, 0.05) is 19.6 Å². The Bertz CT molecular complexity index is 674. The predicted molar refractivity (Wildman–Crippen MR) is 94.0 cm³/mol. The molecular formula is C17H26N2O5S. The third-order valence-corrected chi connectivity index (χ3v) is 5.53. The van der Waals surface area contributed by atoms with Crippen LogP contribution in [0.4, 0.5) is 0 Å². The third-order valence-electron chi connectivity index (χ3n) is 3.62. The van der Waals surface area contributed by atoms with Gasteiger partial charge in [0.25, 0.3) is 5.91 Å². The van der Waals surface area contributed by atoms with Crippen LogP contribution in [0, 0.1) is 5.41 Å². The number of ether oxygens (including phenoxy) is 2. The van der Waals surface area contributed by atoms with E-state index < -0.39 is 10.0 Å². The van der Waals surface area contributed by atoms with Crippen molar-refractivity contribution in [3.05, 3.63) is 24.3 Å². The van der Waals surface area contributed by atoms with E-state index >= 15 is 0 Å².